The van der Waals surface area contributed by atoms with Crippen molar-refractivity contribution in [1.29, 1.82) is 0 Å². The fourth-order valence-corrected chi connectivity index (χ4v) is 2.83. The number of hydrogen-bond acceptors (Lipinski definition) is 6. The van der Waals surface area contributed by atoms with Gasteiger partial charge in [0.25, 0.3) is 5.91 Å². The number of aryl methyl sites for hydroxylation is 1. The summed E-state index contributed by atoms with van der Waals surface area (Å²) in [6.45, 7) is 2.41. The third kappa shape index (κ3) is 4.95. The van der Waals surface area contributed by atoms with E-state index in [1.54, 1.807) is 37.3 Å². The molecule has 0 aliphatic heterocycles. The van der Waals surface area contributed by atoms with Crippen LogP contribution in [-0.2, 0) is 11.3 Å². The fourth-order valence-electron chi connectivity index (χ4n) is 2.83. The molecular formula is C22H22N4O3. The van der Waals surface area contributed by atoms with Crippen molar-refractivity contribution in [3.8, 4) is 0 Å². The standard InChI is InChI=1S/C22H22N4O3/c1-15-13-19(20(27)24-18-12-8-7-11-17(18)21(28)29-3)25-22(23-15)26(2)14-16-9-5-4-6-10-16/h4-13H,14H2,1-3H3,(H,24,27). The Morgan fingerprint density at radius 2 is 1.72 bits per heavy atom. The van der Waals surface area contributed by atoms with E-state index < -0.39 is 11.9 Å². The minimum absolute atomic E-state index is 0.215. The summed E-state index contributed by atoms with van der Waals surface area (Å²) < 4.78 is 4.77. The van der Waals surface area contributed by atoms with Crippen LogP contribution in [0, 0.1) is 6.92 Å². The van der Waals surface area contributed by atoms with Gasteiger partial charge >= 0.3 is 5.97 Å². The van der Waals surface area contributed by atoms with Gasteiger partial charge in [-0.2, -0.15) is 0 Å². The van der Waals surface area contributed by atoms with Gasteiger partial charge in [0.2, 0.25) is 5.95 Å². The Morgan fingerprint density at radius 1 is 1.03 bits per heavy atom. The summed E-state index contributed by atoms with van der Waals surface area (Å²) in [6.07, 6.45) is 0. The second-order valence-electron chi connectivity index (χ2n) is 6.53. The summed E-state index contributed by atoms with van der Waals surface area (Å²) in [5, 5.41) is 2.74. The smallest absolute Gasteiger partial charge is 0.339 e. The molecule has 3 rings (SSSR count). The first kappa shape index (κ1) is 20.0. The van der Waals surface area contributed by atoms with Crippen molar-refractivity contribution in [3.05, 3.63) is 83.2 Å². The number of rotatable bonds is 6. The van der Waals surface area contributed by atoms with Crippen LogP contribution in [0.25, 0.3) is 0 Å². The number of nitrogens with zero attached hydrogens (tertiary/aromatic N) is 3. The number of benzene rings is 2. The predicted molar refractivity (Wildman–Crippen MR) is 111 cm³/mol. The second kappa shape index (κ2) is 8.97. The zero-order valence-corrected chi connectivity index (χ0v) is 16.5. The van der Waals surface area contributed by atoms with E-state index in [1.165, 1.54) is 7.11 Å². The van der Waals surface area contributed by atoms with E-state index in [0.29, 0.717) is 23.9 Å². The molecule has 0 unspecified atom stereocenters. The topological polar surface area (TPSA) is 84.4 Å². The number of amides is 1. The van der Waals surface area contributed by atoms with E-state index in [0.717, 1.165) is 5.56 Å². The molecule has 0 aliphatic rings. The Kier molecular flexibility index (Phi) is 6.19. The van der Waals surface area contributed by atoms with Crippen LogP contribution in [0.15, 0.2) is 60.7 Å². The van der Waals surface area contributed by atoms with Gasteiger partial charge in [-0.1, -0.05) is 42.5 Å². The molecule has 29 heavy (non-hydrogen) atoms. The first-order chi connectivity index (χ1) is 14.0. The normalized spacial score (nSPS) is 10.3. The SMILES string of the molecule is COC(=O)c1ccccc1NC(=O)c1cc(C)nc(N(C)Cc2ccccc2)n1. The number of carbonyl (C=O) groups excluding carboxylic acids is 2. The molecule has 0 fully saturated rings. The molecule has 0 atom stereocenters. The quantitative estimate of drug-likeness (QED) is 0.649. The number of aromatic nitrogens is 2. The number of para-hydroxylation sites is 1. The maximum absolute atomic E-state index is 12.8. The van der Waals surface area contributed by atoms with Crippen molar-refractivity contribution in [2.75, 3.05) is 24.4 Å². The Balaban J connectivity index is 1.83. The lowest BCUT2D eigenvalue weighted by Crippen LogP contribution is -2.22. The molecule has 7 heteroatoms. The summed E-state index contributed by atoms with van der Waals surface area (Å²) >= 11 is 0. The molecule has 0 saturated heterocycles. The van der Waals surface area contributed by atoms with E-state index in [-0.39, 0.29) is 11.3 Å². The molecule has 0 bridgehead atoms. The first-order valence-electron chi connectivity index (χ1n) is 9.07. The van der Waals surface area contributed by atoms with Gasteiger partial charge < -0.3 is 15.0 Å². The largest absolute Gasteiger partial charge is 0.465 e. The zero-order chi connectivity index (χ0) is 20.8. The van der Waals surface area contributed by atoms with Crippen molar-refractivity contribution < 1.29 is 14.3 Å². The van der Waals surface area contributed by atoms with Gasteiger partial charge in [0.05, 0.1) is 18.4 Å². The van der Waals surface area contributed by atoms with Gasteiger partial charge in [0, 0.05) is 19.3 Å². The third-order valence-corrected chi connectivity index (χ3v) is 4.26. The van der Waals surface area contributed by atoms with Gasteiger partial charge in [0.15, 0.2) is 0 Å². The highest BCUT2D eigenvalue weighted by Crippen LogP contribution is 2.18. The Labute approximate surface area is 169 Å². The summed E-state index contributed by atoms with van der Waals surface area (Å²) in [6, 6.07) is 18.2. The Hall–Kier alpha value is -3.74. The molecule has 0 radical (unpaired) electrons. The van der Waals surface area contributed by atoms with Crippen LogP contribution in [0.5, 0.6) is 0 Å². The molecule has 7 nitrogen and oxygen atoms in total. The van der Waals surface area contributed by atoms with Crippen LogP contribution in [0.3, 0.4) is 0 Å². The number of hydrogen-bond donors (Lipinski definition) is 1. The van der Waals surface area contributed by atoms with E-state index in [9.17, 15) is 9.59 Å². The van der Waals surface area contributed by atoms with Crippen molar-refractivity contribution in [3.63, 3.8) is 0 Å². The summed E-state index contributed by atoms with van der Waals surface area (Å²) in [4.78, 5) is 35.4. The van der Waals surface area contributed by atoms with Crippen LogP contribution in [0.2, 0.25) is 0 Å². The first-order valence-corrected chi connectivity index (χ1v) is 9.07. The third-order valence-electron chi connectivity index (χ3n) is 4.26. The molecule has 0 aliphatic carbocycles. The highest BCUT2D eigenvalue weighted by molar-refractivity contribution is 6.07. The zero-order valence-electron chi connectivity index (χ0n) is 16.5. The van der Waals surface area contributed by atoms with Crippen LogP contribution < -0.4 is 10.2 Å². The van der Waals surface area contributed by atoms with Crippen molar-refractivity contribution in [2.45, 2.75) is 13.5 Å². The van der Waals surface area contributed by atoms with Crippen molar-refractivity contribution >= 4 is 23.5 Å². The lowest BCUT2D eigenvalue weighted by molar-refractivity contribution is 0.0602. The van der Waals surface area contributed by atoms with E-state index in [1.807, 2.05) is 42.3 Å². The molecule has 2 aromatic carbocycles. The molecule has 1 aromatic heterocycles. The molecule has 1 N–H and O–H groups in total. The van der Waals surface area contributed by atoms with E-state index in [4.69, 9.17) is 4.74 Å². The van der Waals surface area contributed by atoms with Gasteiger partial charge in [0.1, 0.15) is 5.69 Å². The molecular weight excluding hydrogens is 368 g/mol. The lowest BCUT2D eigenvalue weighted by atomic mass is 10.1. The van der Waals surface area contributed by atoms with Gasteiger partial charge in [-0.3, -0.25) is 4.79 Å². The Bertz CT molecular complexity index is 1020. The minimum atomic E-state index is -0.525. The minimum Gasteiger partial charge on any atom is -0.465 e. The van der Waals surface area contributed by atoms with Crippen LogP contribution in [0.1, 0.15) is 32.1 Å². The maximum Gasteiger partial charge on any atom is 0.339 e. The van der Waals surface area contributed by atoms with Gasteiger partial charge in [-0.05, 0) is 30.7 Å². The predicted octanol–water partition coefficient (Wildman–Crippen LogP) is 3.46. The number of esters is 1. The highest BCUT2D eigenvalue weighted by atomic mass is 16.5. The number of nitrogens with one attached hydrogen (secondary N) is 1. The molecule has 1 amide bonds. The Morgan fingerprint density at radius 3 is 2.45 bits per heavy atom. The van der Waals surface area contributed by atoms with Gasteiger partial charge in [-0.15, -0.1) is 0 Å². The monoisotopic (exact) mass is 390 g/mol. The summed E-state index contributed by atoms with van der Waals surface area (Å²) in [5.74, 6) is -0.510. The molecule has 1 heterocycles. The second-order valence-corrected chi connectivity index (χ2v) is 6.53. The number of anilines is 2. The van der Waals surface area contributed by atoms with E-state index in [2.05, 4.69) is 15.3 Å². The molecule has 3 aromatic rings. The number of methoxy groups -OCH3 is 1. The highest BCUT2D eigenvalue weighted by Gasteiger charge is 2.17. The van der Waals surface area contributed by atoms with Crippen LogP contribution >= 0.6 is 0 Å². The van der Waals surface area contributed by atoms with Gasteiger partial charge in [-0.25, -0.2) is 14.8 Å². The number of carbonyl (C=O) groups is 2. The van der Waals surface area contributed by atoms with Crippen LogP contribution in [0.4, 0.5) is 11.6 Å². The van der Waals surface area contributed by atoms with Crippen molar-refractivity contribution in [1.82, 2.24) is 9.97 Å². The lowest BCUT2D eigenvalue weighted by Gasteiger charge is -2.18. The fraction of sp³-hybridized carbons (Fsp3) is 0.182. The molecule has 148 valence electrons. The summed E-state index contributed by atoms with van der Waals surface area (Å²) in [7, 11) is 3.17. The van der Waals surface area contributed by atoms with E-state index >= 15 is 0 Å². The summed E-state index contributed by atoms with van der Waals surface area (Å²) in [5.41, 5.74) is 2.63. The molecule has 0 saturated carbocycles. The number of ether oxygens (including phenoxy) is 1. The van der Waals surface area contributed by atoms with Crippen molar-refractivity contribution in [2.24, 2.45) is 0 Å². The molecule has 0 spiro atoms. The average Bonchev–Trinajstić information content (AvgIpc) is 2.73. The van der Waals surface area contributed by atoms with Crippen LogP contribution in [-0.4, -0.2) is 36.0 Å². The maximum atomic E-state index is 12.8. The average molecular weight is 390 g/mol.